The highest BCUT2D eigenvalue weighted by atomic mass is 16.5. The van der Waals surface area contributed by atoms with Gasteiger partial charge >= 0.3 is 29.8 Å². The predicted molar refractivity (Wildman–Crippen MR) is 175 cm³/mol. The van der Waals surface area contributed by atoms with Crippen LogP contribution in [0.1, 0.15) is 0 Å². The first-order chi connectivity index (χ1) is 23.2. The zero-order valence-corrected chi connectivity index (χ0v) is 27.6. The molecule has 0 aliphatic rings. The maximum atomic E-state index is 9.56. The van der Waals surface area contributed by atoms with E-state index in [-0.39, 0.29) is 26.4 Å². The molecule has 0 atom stereocenters. The molecule has 0 bridgehead atoms. The van der Waals surface area contributed by atoms with Crippen LogP contribution in [0.5, 0.6) is 0 Å². The lowest BCUT2D eigenvalue weighted by molar-refractivity contribution is -0.132. The van der Waals surface area contributed by atoms with E-state index < -0.39 is 98.9 Å². The molecule has 0 amide bonds. The number of aliphatic hydroxyl groups is 8. The Morgan fingerprint density at radius 1 is 0.360 bits per heavy atom. The number of hydrogen-bond donors (Lipinski definition) is 13. The second-order valence-corrected chi connectivity index (χ2v) is 9.46. The van der Waals surface area contributed by atoms with Crippen LogP contribution in [0.3, 0.4) is 0 Å². The molecule has 0 aliphatic carbocycles. The Labute approximate surface area is 288 Å². The van der Waals surface area contributed by atoms with Crippen LogP contribution in [0.4, 0.5) is 0 Å². The number of carboxylic acids is 5. The molecule has 0 aliphatic heterocycles. The first-order valence-electron chi connectivity index (χ1n) is 13.6. The molecule has 0 spiro atoms. The van der Waals surface area contributed by atoms with Gasteiger partial charge in [-0.2, -0.15) is 0 Å². The fourth-order valence-corrected chi connectivity index (χ4v) is 1.82. The first-order valence-corrected chi connectivity index (χ1v) is 13.6. The quantitative estimate of drug-likeness (QED) is 0.0530. The fraction of sp³-hybridized carbons (Fsp3) is 0.500. The smallest absolute Gasteiger partial charge is 0.327 e. The van der Waals surface area contributed by atoms with Crippen LogP contribution in [-0.2, 0) is 33.4 Å². The van der Waals surface area contributed by atoms with Crippen molar-refractivity contribution in [2.24, 2.45) is 16.2 Å². The van der Waals surface area contributed by atoms with Gasteiger partial charge in [0.25, 0.3) is 0 Å². The average Bonchev–Trinajstić information content (AvgIpc) is 3.12. The summed E-state index contributed by atoms with van der Waals surface area (Å²) >= 11 is 0. The van der Waals surface area contributed by atoms with Crippen molar-refractivity contribution in [3.63, 3.8) is 0 Å². The number of hydrogen-bond acceptors (Lipinski definition) is 15. The molecule has 0 aromatic carbocycles. The molecule has 0 aromatic rings. The number of aliphatic carboxylic acids is 5. The zero-order valence-electron chi connectivity index (χ0n) is 27.6. The van der Waals surface area contributed by atoms with Crippen molar-refractivity contribution in [2.45, 2.75) is 0 Å². The van der Waals surface area contributed by atoms with Crippen molar-refractivity contribution in [3.05, 3.63) is 63.3 Å². The summed E-state index contributed by atoms with van der Waals surface area (Å²) in [5.41, 5.74) is -3.69. The van der Waals surface area contributed by atoms with Crippen molar-refractivity contribution in [1.82, 2.24) is 0 Å². The van der Waals surface area contributed by atoms with Crippen molar-refractivity contribution in [1.29, 1.82) is 0 Å². The van der Waals surface area contributed by atoms with Gasteiger partial charge in [0.2, 0.25) is 0 Å². The third-order valence-corrected chi connectivity index (χ3v) is 5.19. The van der Waals surface area contributed by atoms with Gasteiger partial charge in [-0.15, -0.1) is 0 Å². The van der Waals surface area contributed by atoms with Crippen molar-refractivity contribution in [2.75, 3.05) is 79.3 Å². The Hall–Kier alpha value is -4.35. The summed E-state index contributed by atoms with van der Waals surface area (Å²) in [4.78, 5) is 46.2. The molecule has 0 saturated carbocycles. The standard InChI is InChI=1S/C15H32O10.5C3H4O2/c16-1-13(2-17,3-18)9-24-11-15(7-22,8-23)12-25-10-14(4-19,5-20)6-21;5*1-2-3(4)5/h16-23H,1-12H2;5*2H,1H2,(H,4,5). The normalized spacial score (nSPS) is 9.92. The highest BCUT2D eigenvalue weighted by Gasteiger charge is 2.35. The molecular formula is C30H52O20. The highest BCUT2D eigenvalue weighted by Crippen LogP contribution is 2.23. The van der Waals surface area contributed by atoms with Gasteiger partial charge in [0.1, 0.15) is 0 Å². The van der Waals surface area contributed by atoms with E-state index >= 15 is 0 Å². The van der Waals surface area contributed by atoms with E-state index in [4.69, 9.17) is 35.0 Å². The van der Waals surface area contributed by atoms with E-state index in [0.29, 0.717) is 0 Å². The number of ether oxygens (including phenoxy) is 2. The number of aliphatic hydroxyl groups excluding tert-OH is 8. The van der Waals surface area contributed by atoms with E-state index in [9.17, 15) is 64.8 Å². The first kappa shape index (κ1) is 57.9. The Balaban J connectivity index is -0.000000154. The summed E-state index contributed by atoms with van der Waals surface area (Å²) in [7, 11) is 0. The second-order valence-electron chi connectivity index (χ2n) is 9.46. The minimum absolute atomic E-state index is 0.188. The molecule has 0 fully saturated rings. The monoisotopic (exact) mass is 732 g/mol. The molecule has 0 rings (SSSR count). The molecule has 0 aromatic heterocycles. The van der Waals surface area contributed by atoms with Gasteiger partial charge in [0.15, 0.2) is 0 Å². The van der Waals surface area contributed by atoms with Crippen LogP contribution in [0.15, 0.2) is 63.3 Å². The highest BCUT2D eigenvalue weighted by molar-refractivity contribution is 5.80. The summed E-state index contributed by atoms with van der Waals surface area (Å²) in [5, 5.41) is 113. The van der Waals surface area contributed by atoms with Gasteiger partial charge in [-0.1, -0.05) is 32.9 Å². The number of carboxylic acid groups (broad SMARTS) is 5. The Morgan fingerprint density at radius 3 is 0.580 bits per heavy atom. The van der Waals surface area contributed by atoms with Gasteiger partial charge in [0, 0.05) is 30.4 Å². The van der Waals surface area contributed by atoms with E-state index in [1.165, 1.54) is 0 Å². The van der Waals surface area contributed by atoms with E-state index in [2.05, 4.69) is 32.9 Å². The third kappa shape index (κ3) is 38.1. The predicted octanol–water partition coefficient (Wildman–Crippen LogP) is -2.80. The van der Waals surface area contributed by atoms with E-state index in [1.807, 2.05) is 0 Å². The molecule has 20 heteroatoms. The topological polar surface area (TPSA) is 367 Å². The van der Waals surface area contributed by atoms with Crippen LogP contribution in [0.25, 0.3) is 0 Å². The Bertz CT molecular complexity index is 817. The van der Waals surface area contributed by atoms with Crippen LogP contribution in [0, 0.1) is 16.2 Å². The maximum absolute atomic E-state index is 9.56. The van der Waals surface area contributed by atoms with Crippen LogP contribution >= 0.6 is 0 Å². The van der Waals surface area contributed by atoms with Gasteiger partial charge in [-0.3, -0.25) is 0 Å². The third-order valence-electron chi connectivity index (χ3n) is 5.19. The Kier molecular flexibility index (Phi) is 43.4. The maximum Gasteiger partial charge on any atom is 0.327 e. The summed E-state index contributed by atoms with van der Waals surface area (Å²) in [6, 6.07) is 0. The lowest BCUT2D eigenvalue weighted by Gasteiger charge is -2.34. The second kappa shape index (κ2) is 37.5. The largest absolute Gasteiger partial charge is 0.478 e. The molecule has 20 nitrogen and oxygen atoms in total. The van der Waals surface area contributed by atoms with Gasteiger partial charge in [0.05, 0.1) is 95.5 Å². The average molecular weight is 733 g/mol. The van der Waals surface area contributed by atoms with Crippen molar-refractivity contribution in [3.8, 4) is 0 Å². The zero-order chi connectivity index (χ0) is 40.8. The summed E-state index contributed by atoms with van der Waals surface area (Å²) in [6.45, 7) is 9.98. The molecule has 0 unspecified atom stereocenters. The van der Waals surface area contributed by atoms with E-state index in [0.717, 1.165) is 30.4 Å². The van der Waals surface area contributed by atoms with Crippen LogP contribution in [-0.4, -0.2) is 176 Å². The van der Waals surface area contributed by atoms with Gasteiger partial charge in [-0.05, 0) is 0 Å². The fourth-order valence-electron chi connectivity index (χ4n) is 1.82. The molecule has 292 valence electrons. The van der Waals surface area contributed by atoms with E-state index in [1.54, 1.807) is 0 Å². The van der Waals surface area contributed by atoms with Crippen LogP contribution in [0.2, 0.25) is 0 Å². The molecule has 13 N–H and O–H groups in total. The van der Waals surface area contributed by atoms with Crippen LogP contribution < -0.4 is 0 Å². The summed E-state index contributed by atoms with van der Waals surface area (Å²) < 4.78 is 10.7. The molecule has 0 heterocycles. The minimum atomic E-state index is -1.24. The molecule has 0 saturated heterocycles. The number of rotatable bonds is 21. The van der Waals surface area contributed by atoms with Crippen molar-refractivity contribution >= 4 is 29.8 Å². The molecule has 0 radical (unpaired) electrons. The SMILES string of the molecule is C=CC(=O)O.C=CC(=O)O.C=CC(=O)O.C=CC(=O)O.C=CC(=O)O.OCC(CO)(CO)COCC(CO)(CO)COCC(CO)(CO)CO. The summed E-state index contributed by atoms with van der Waals surface area (Å²) in [6.07, 6.45) is 4.17. The van der Waals surface area contributed by atoms with Gasteiger partial charge < -0.3 is 75.9 Å². The lowest BCUT2D eigenvalue weighted by Crippen LogP contribution is -2.45. The summed E-state index contributed by atoms with van der Waals surface area (Å²) in [5.74, 6) is -4.91. The number of carbonyl (C=O) groups is 5. The minimum Gasteiger partial charge on any atom is -0.478 e. The lowest BCUT2D eigenvalue weighted by atomic mass is 9.90. The Morgan fingerprint density at radius 2 is 0.480 bits per heavy atom. The molecular weight excluding hydrogens is 680 g/mol. The molecule has 50 heavy (non-hydrogen) atoms. The van der Waals surface area contributed by atoms with Gasteiger partial charge in [-0.25, -0.2) is 24.0 Å². The van der Waals surface area contributed by atoms with Crippen molar-refractivity contribution < 1.29 is 99.8 Å².